The van der Waals surface area contributed by atoms with Gasteiger partial charge in [-0.2, -0.15) is 11.8 Å². The molecule has 86 valence electrons. The fourth-order valence-corrected chi connectivity index (χ4v) is 2.42. The van der Waals surface area contributed by atoms with E-state index in [1.54, 1.807) is 6.08 Å². The number of carbonyl (C=O) groups is 1. The number of thioether (sulfide) groups is 1. The number of rotatable bonds is 5. The highest BCUT2D eigenvalue weighted by Crippen LogP contribution is 2.29. The topological polar surface area (TPSA) is 26.3 Å². The van der Waals surface area contributed by atoms with Gasteiger partial charge >= 0.3 is 0 Å². The highest BCUT2D eigenvalue weighted by Gasteiger charge is 2.22. The van der Waals surface area contributed by atoms with E-state index in [-0.39, 0.29) is 5.78 Å². The Bertz CT molecular complexity index is 248. The van der Waals surface area contributed by atoms with E-state index in [0.29, 0.717) is 24.2 Å². The van der Waals surface area contributed by atoms with Crippen LogP contribution < -0.4 is 0 Å². The number of ketones is 1. The average molecular weight is 228 g/mol. The van der Waals surface area contributed by atoms with E-state index >= 15 is 0 Å². The van der Waals surface area contributed by atoms with Crippen LogP contribution in [0.4, 0.5) is 0 Å². The summed E-state index contributed by atoms with van der Waals surface area (Å²) in [6.07, 6.45) is 6.53. The van der Waals surface area contributed by atoms with Crippen LogP contribution in [0.25, 0.3) is 0 Å². The first-order chi connectivity index (χ1) is 7.15. The van der Waals surface area contributed by atoms with Crippen molar-refractivity contribution in [1.82, 2.24) is 0 Å². The van der Waals surface area contributed by atoms with Crippen LogP contribution in [0.2, 0.25) is 0 Å². The van der Waals surface area contributed by atoms with E-state index in [2.05, 4.69) is 13.2 Å². The zero-order valence-electron chi connectivity index (χ0n) is 9.79. The zero-order valence-corrected chi connectivity index (χ0v) is 10.6. The normalized spacial score (nSPS) is 23.5. The molecule has 0 radical (unpaired) electrons. The molecule has 1 rings (SSSR count). The Kier molecular flexibility index (Phi) is 5.23. The van der Waals surface area contributed by atoms with Crippen LogP contribution in [0.3, 0.4) is 0 Å². The number of carbonyl (C=O) groups excluding carboxylic acids is 1. The number of ether oxygens (including phenoxy) is 1. The maximum atomic E-state index is 11.5. The minimum absolute atomic E-state index is 0.225. The lowest BCUT2D eigenvalue weighted by molar-refractivity contribution is -0.116. The van der Waals surface area contributed by atoms with E-state index < -0.39 is 0 Å². The maximum Gasteiger partial charge on any atom is 0.159 e. The average Bonchev–Trinajstić information content (AvgIpc) is 2.17. The first kappa shape index (κ1) is 12.6. The zero-order chi connectivity index (χ0) is 11.3. The monoisotopic (exact) mass is 228 g/mol. The molecule has 2 atom stereocenters. The Morgan fingerprint density at radius 3 is 2.93 bits per heavy atom. The van der Waals surface area contributed by atoms with Crippen molar-refractivity contribution in [2.45, 2.75) is 38.4 Å². The van der Waals surface area contributed by atoms with Gasteiger partial charge < -0.3 is 4.74 Å². The van der Waals surface area contributed by atoms with Crippen molar-refractivity contribution in [2.24, 2.45) is 5.92 Å². The number of hydrogen-bond acceptors (Lipinski definition) is 3. The number of allylic oxidation sites excluding steroid dienone is 2. The van der Waals surface area contributed by atoms with E-state index in [0.717, 1.165) is 18.6 Å². The highest BCUT2D eigenvalue weighted by atomic mass is 32.2. The van der Waals surface area contributed by atoms with Crippen molar-refractivity contribution in [3.05, 3.63) is 11.8 Å². The van der Waals surface area contributed by atoms with Crippen molar-refractivity contribution < 1.29 is 9.53 Å². The van der Waals surface area contributed by atoms with Crippen molar-refractivity contribution >= 4 is 17.5 Å². The SMILES string of the molecule is CCOC1=CC(=O)CC(CC(C)SC)C1. The second kappa shape index (κ2) is 6.21. The fraction of sp³-hybridized carbons (Fsp3) is 0.750. The molecule has 0 aliphatic heterocycles. The van der Waals surface area contributed by atoms with Gasteiger partial charge in [0.15, 0.2) is 5.78 Å². The van der Waals surface area contributed by atoms with Crippen molar-refractivity contribution in [3.63, 3.8) is 0 Å². The van der Waals surface area contributed by atoms with E-state index in [1.807, 2.05) is 18.7 Å². The third-order valence-electron chi connectivity index (χ3n) is 2.70. The summed E-state index contributed by atoms with van der Waals surface area (Å²) in [6, 6.07) is 0. The van der Waals surface area contributed by atoms with Crippen molar-refractivity contribution in [1.29, 1.82) is 0 Å². The predicted octanol–water partition coefficient (Wildman–Crippen LogP) is 3.03. The van der Waals surface area contributed by atoms with E-state index in [4.69, 9.17) is 4.74 Å². The molecular weight excluding hydrogens is 208 g/mol. The Morgan fingerprint density at radius 1 is 1.60 bits per heavy atom. The molecular formula is C12H20O2S. The summed E-state index contributed by atoms with van der Waals surface area (Å²) >= 11 is 1.86. The van der Waals surface area contributed by atoms with Gasteiger partial charge in [-0.05, 0) is 25.5 Å². The molecule has 0 heterocycles. The van der Waals surface area contributed by atoms with Gasteiger partial charge in [-0.15, -0.1) is 0 Å². The van der Waals surface area contributed by atoms with Crippen molar-refractivity contribution in [3.8, 4) is 0 Å². The molecule has 0 fully saturated rings. The van der Waals surface area contributed by atoms with Gasteiger partial charge in [0.1, 0.15) is 0 Å². The molecule has 2 unspecified atom stereocenters. The molecule has 0 spiro atoms. The second-order valence-corrected chi connectivity index (χ2v) is 5.34. The molecule has 1 aliphatic rings. The lowest BCUT2D eigenvalue weighted by Gasteiger charge is -2.23. The first-order valence-corrected chi connectivity index (χ1v) is 6.83. The largest absolute Gasteiger partial charge is 0.498 e. The third-order valence-corrected chi connectivity index (χ3v) is 3.70. The molecule has 1 aliphatic carbocycles. The molecule has 0 aromatic heterocycles. The Hall–Kier alpha value is -0.440. The smallest absolute Gasteiger partial charge is 0.159 e. The summed E-state index contributed by atoms with van der Waals surface area (Å²) in [6.45, 7) is 4.83. The summed E-state index contributed by atoms with van der Waals surface area (Å²) in [7, 11) is 0. The van der Waals surface area contributed by atoms with Gasteiger partial charge in [-0.3, -0.25) is 4.79 Å². The Labute approximate surface area is 96.5 Å². The van der Waals surface area contributed by atoms with Gasteiger partial charge in [0, 0.05) is 24.2 Å². The van der Waals surface area contributed by atoms with Crippen LogP contribution >= 0.6 is 11.8 Å². The lowest BCUT2D eigenvalue weighted by Crippen LogP contribution is -2.18. The molecule has 0 aromatic carbocycles. The van der Waals surface area contributed by atoms with Gasteiger partial charge in [0.2, 0.25) is 0 Å². The summed E-state index contributed by atoms with van der Waals surface area (Å²) in [5.41, 5.74) is 0. The lowest BCUT2D eigenvalue weighted by atomic mass is 9.88. The highest BCUT2D eigenvalue weighted by molar-refractivity contribution is 7.99. The molecule has 0 amide bonds. The quantitative estimate of drug-likeness (QED) is 0.723. The third kappa shape index (κ3) is 4.29. The molecule has 3 heteroatoms. The van der Waals surface area contributed by atoms with Crippen LogP contribution in [-0.4, -0.2) is 23.9 Å². The minimum atomic E-state index is 0.225. The van der Waals surface area contributed by atoms with Gasteiger partial charge in [0.25, 0.3) is 0 Å². The molecule has 0 saturated carbocycles. The van der Waals surface area contributed by atoms with Gasteiger partial charge in [-0.1, -0.05) is 6.92 Å². The Balaban J connectivity index is 2.50. The maximum absolute atomic E-state index is 11.5. The molecule has 0 aromatic rings. The number of hydrogen-bond donors (Lipinski definition) is 0. The van der Waals surface area contributed by atoms with Crippen LogP contribution in [0.15, 0.2) is 11.8 Å². The second-order valence-electron chi connectivity index (χ2n) is 4.07. The van der Waals surface area contributed by atoms with E-state index in [1.165, 1.54) is 0 Å². The van der Waals surface area contributed by atoms with Crippen LogP contribution in [0.1, 0.15) is 33.1 Å². The van der Waals surface area contributed by atoms with Crippen LogP contribution in [0, 0.1) is 5.92 Å². The molecule has 15 heavy (non-hydrogen) atoms. The van der Waals surface area contributed by atoms with Gasteiger partial charge in [0.05, 0.1) is 12.4 Å². The first-order valence-electron chi connectivity index (χ1n) is 5.54. The van der Waals surface area contributed by atoms with Crippen LogP contribution in [0.5, 0.6) is 0 Å². The summed E-state index contributed by atoms with van der Waals surface area (Å²) in [5.74, 6) is 1.58. The molecule has 0 saturated heterocycles. The van der Waals surface area contributed by atoms with E-state index in [9.17, 15) is 4.79 Å². The summed E-state index contributed by atoms with van der Waals surface area (Å²) < 4.78 is 5.43. The Morgan fingerprint density at radius 2 is 2.33 bits per heavy atom. The summed E-state index contributed by atoms with van der Waals surface area (Å²) in [5, 5.41) is 0.628. The van der Waals surface area contributed by atoms with Crippen molar-refractivity contribution in [2.75, 3.05) is 12.9 Å². The van der Waals surface area contributed by atoms with Gasteiger partial charge in [-0.25, -0.2) is 0 Å². The molecule has 0 N–H and O–H groups in total. The molecule has 2 nitrogen and oxygen atoms in total. The minimum Gasteiger partial charge on any atom is -0.498 e. The van der Waals surface area contributed by atoms with Crippen LogP contribution in [-0.2, 0) is 9.53 Å². The molecule has 0 bridgehead atoms. The fourth-order valence-electron chi connectivity index (χ4n) is 1.96. The standard InChI is InChI=1S/C12H20O2S/c1-4-14-12-7-10(5-9(2)15-3)6-11(13)8-12/h8-10H,4-7H2,1-3H3. The predicted molar refractivity (Wildman–Crippen MR) is 65.0 cm³/mol. The summed E-state index contributed by atoms with van der Waals surface area (Å²) in [4.78, 5) is 11.5.